The summed E-state index contributed by atoms with van der Waals surface area (Å²) in [5.74, 6) is 0.0376. The molecule has 0 saturated heterocycles. The molecular formula is C24H21N3OS. The molecule has 0 fully saturated rings. The van der Waals surface area contributed by atoms with Gasteiger partial charge >= 0.3 is 0 Å². The molecule has 1 amide bonds. The first kappa shape index (κ1) is 18.0. The maximum absolute atomic E-state index is 13.4. The van der Waals surface area contributed by atoms with Gasteiger partial charge in [0.15, 0.2) is 0 Å². The Morgan fingerprint density at radius 3 is 2.59 bits per heavy atom. The molecule has 3 heterocycles. The zero-order valence-corrected chi connectivity index (χ0v) is 16.9. The molecule has 29 heavy (non-hydrogen) atoms. The van der Waals surface area contributed by atoms with Gasteiger partial charge in [-0.2, -0.15) is 0 Å². The van der Waals surface area contributed by atoms with Crippen molar-refractivity contribution in [2.75, 3.05) is 12.8 Å². The van der Waals surface area contributed by atoms with Gasteiger partial charge in [-0.15, -0.1) is 11.8 Å². The molecule has 0 bridgehead atoms. The Kier molecular flexibility index (Phi) is 4.60. The van der Waals surface area contributed by atoms with E-state index < -0.39 is 0 Å². The summed E-state index contributed by atoms with van der Waals surface area (Å²) in [6.07, 6.45) is 6.27. The molecule has 0 aliphatic carbocycles. The zero-order valence-electron chi connectivity index (χ0n) is 16.1. The minimum Gasteiger partial charge on any atom is -0.356 e. The number of carbonyl (C=O) groups excluding carboxylic acids is 1. The number of pyridine rings is 1. The standard InChI is InChI=1S/C24H21N3OS/c1-29-18-8-6-16(7-9-18)23-22-20(19-4-2-3-5-21(19)26-22)12-15-27(23)24(28)17-10-13-25-14-11-17/h2-11,13-14,23,26H,12,15H2,1H3. The lowest BCUT2D eigenvalue weighted by Gasteiger charge is -2.36. The van der Waals surface area contributed by atoms with E-state index >= 15 is 0 Å². The Labute approximate surface area is 174 Å². The second-order valence-electron chi connectivity index (χ2n) is 7.22. The minimum atomic E-state index is -0.136. The first-order chi connectivity index (χ1) is 14.3. The van der Waals surface area contributed by atoms with Gasteiger partial charge < -0.3 is 9.88 Å². The number of nitrogens with one attached hydrogen (secondary N) is 1. The summed E-state index contributed by atoms with van der Waals surface area (Å²) in [7, 11) is 0. The smallest absolute Gasteiger partial charge is 0.254 e. The first-order valence-corrected chi connectivity index (χ1v) is 10.9. The molecule has 1 atom stereocenters. The highest BCUT2D eigenvalue weighted by Gasteiger charge is 2.34. The van der Waals surface area contributed by atoms with Gasteiger partial charge in [-0.05, 0) is 54.1 Å². The third-order valence-electron chi connectivity index (χ3n) is 5.65. The van der Waals surface area contributed by atoms with Crippen molar-refractivity contribution in [3.8, 4) is 0 Å². The molecule has 1 N–H and O–H groups in total. The number of H-pyrrole nitrogens is 1. The lowest BCUT2D eigenvalue weighted by atomic mass is 9.92. The lowest BCUT2D eigenvalue weighted by Crippen LogP contribution is -2.40. The third-order valence-corrected chi connectivity index (χ3v) is 6.40. The van der Waals surface area contributed by atoms with Crippen LogP contribution in [0.2, 0.25) is 0 Å². The van der Waals surface area contributed by atoms with Crippen molar-refractivity contribution in [1.82, 2.24) is 14.9 Å². The second-order valence-corrected chi connectivity index (χ2v) is 8.10. The number of benzene rings is 2. The van der Waals surface area contributed by atoms with Gasteiger partial charge in [-0.1, -0.05) is 30.3 Å². The number of carbonyl (C=O) groups is 1. The summed E-state index contributed by atoms with van der Waals surface area (Å²) in [5.41, 5.74) is 5.36. The molecule has 0 saturated carbocycles. The quantitative estimate of drug-likeness (QED) is 0.489. The summed E-state index contributed by atoms with van der Waals surface area (Å²) >= 11 is 1.72. The van der Waals surface area contributed by atoms with E-state index in [1.165, 1.54) is 15.8 Å². The number of hydrogen-bond acceptors (Lipinski definition) is 3. The number of nitrogens with zero attached hydrogens (tertiary/aromatic N) is 2. The van der Waals surface area contributed by atoms with Crippen LogP contribution in [0.1, 0.15) is 33.2 Å². The van der Waals surface area contributed by atoms with Crippen molar-refractivity contribution in [3.05, 3.63) is 95.4 Å². The fourth-order valence-corrected chi connectivity index (χ4v) is 4.66. The maximum Gasteiger partial charge on any atom is 0.254 e. The van der Waals surface area contributed by atoms with Crippen LogP contribution in [-0.2, 0) is 6.42 Å². The molecule has 1 aliphatic heterocycles. The summed E-state index contributed by atoms with van der Waals surface area (Å²) in [6.45, 7) is 0.685. The average Bonchev–Trinajstić information content (AvgIpc) is 3.17. The Balaban J connectivity index is 1.65. The van der Waals surface area contributed by atoms with E-state index in [2.05, 4.69) is 58.7 Å². The monoisotopic (exact) mass is 399 g/mol. The minimum absolute atomic E-state index is 0.0376. The van der Waals surface area contributed by atoms with Gasteiger partial charge in [0, 0.05) is 46.0 Å². The normalized spacial score (nSPS) is 16.0. The predicted molar refractivity (Wildman–Crippen MR) is 117 cm³/mol. The number of aromatic amines is 1. The summed E-state index contributed by atoms with van der Waals surface area (Å²) in [5, 5.41) is 1.25. The zero-order chi connectivity index (χ0) is 19.8. The molecule has 4 aromatic rings. The number of aromatic nitrogens is 2. The van der Waals surface area contributed by atoms with Crippen LogP contribution in [-0.4, -0.2) is 33.6 Å². The van der Waals surface area contributed by atoms with Crippen LogP contribution < -0.4 is 0 Å². The number of thioether (sulfide) groups is 1. The Bertz CT molecular complexity index is 1170. The third kappa shape index (κ3) is 3.12. The second kappa shape index (κ2) is 7.41. The van der Waals surface area contributed by atoms with Gasteiger partial charge in [0.1, 0.15) is 0 Å². The fourth-order valence-electron chi connectivity index (χ4n) is 4.25. The maximum atomic E-state index is 13.4. The molecule has 0 spiro atoms. The van der Waals surface area contributed by atoms with Crippen molar-refractivity contribution in [3.63, 3.8) is 0 Å². The van der Waals surface area contributed by atoms with Crippen molar-refractivity contribution in [1.29, 1.82) is 0 Å². The summed E-state index contributed by atoms with van der Waals surface area (Å²) < 4.78 is 0. The summed E-state index contributed by atoms with van der Waals surface area (Å²) in [6, 6.07) is 20.4. The average molecular weight is 400 g/mol. The van der Waals surface area contributed by atoms with Gasteiger partial charge in [0.05, 0.1) is 6.04 Å². The van der Waals surface area contributed by atoms with E-state index in [9.17, 15) is 4.79 Å². The van der Waals surface area contributed by atoms with Gasteiger partial charge in [-0.3, -0.25) is 9.78 Å². The van der Waals surface area contributed by atoms with Crippen LogP contribution in [0.25, 0.3) is 10.9 Å². The van der Waals surface area contributed by atoms with Gasteiger partial charge in [-0.25, -0.2) is 0 Å². The number of fused-ring (bicyclic) bond motifs is 3. The van der Waals surface area contributed by atoms with Crippen LogP contribution in [0, 0.1) is 0 Å². The van der Waals surface area contributed by atoms with Crippen molar-refractivity contribution < 1.29 is 4.79 Å². The van der Waals surface area contributed by atoms with E-state index in [1.54, 1.807) is 36.3 Å². The van der Waals surface area contributed by atoms with E-state index in [0.29, 0.717) is 12.1 Å². The molecule has 0 radical (unpaired) electrons. The highest BCUT2D eigenvalue weighted by atomic mass is 32.2. The van der Waals surface area contributed by atoms with Crippen LogP contribution in [0.15, 0.2) is 78.0 Å². The molecular weight excluding hydrogens is 378 g/mol. The van der Waals surface area contributed by atoms with Crippen LogP contribution in [0.5, 0.6) is 0 Å². The van der Waals surface area contributed by atoms with E-state index in [1.807, 2.05) is 11.0 Å². The topological polar surface area (TPSA) is 49.0 Å². The molecule has 2 aromatic carbocycles. The van der Waals surface area contributed by atoms with Crippen LogP contribution in [0.4, 0.5) is 0 Å². The number of rotatable bonds is 3. The predicted octanol–water partition coefficient (Wildman–Crippen LogP) is 5.07. The SMILES string of the molecule is CSc1ccc(C2c3[nH]c4ccccc4c3CCN2C(=O)c2ccncc2)cc1. The van der Waals surface area contributed by atoms with Crippen molar-refractivity contribution >= 4 is 28.6 Å². The van der Waals surface area contributed by atoms with Crippen molar-refractivity contribution in [2.24, 2.45) is 0 Å². The first-order valence-electron chi connectivity index (χ1n) is 9.70. The van der Waals surface area contributed by atoms with Crippen LogP contribution >= 0.6 is 11.8 Å². The highest BCUT2D eigenvalue weighted by Crippen LogP contribution is 2.39. The van der Waals surface area contributed by atoms with Gasteiger partial charge in [0.25, 0.3) is 5.91 Å². The number of amides is 1. The number of hydrogen-bond donors (Lipinski definition) is 1. The molecule has 5 rings (SSSR count). The van der Waals surface area contributed by atoms with Gasteiger partial charge in [0.2, 0.25) is 0 Å². The fraction of sp³-hybridized carbons (Fsp3) is 0.167. The van der Waals surface area contributed by atoms with E-state index in [-0.39, 0.29) is 11.9 Å². The Morgan fingerprint density at radius 1 is 1.07 bits per heavy atom. The molecule has 4 nitrogen and oxygen atoms in total. The van der Waals surface area contributed by atoms with Crippen LogP contribution in [0.3, 0.4) is 0 Å². The van der Waals surface area contributed by atoms with E-state index in [0.717, 1.165) is 23.2 Å². The highest BCUT2D eigenvalue weighted by molar-refractivity contribution is 7.98. The summed E-state index contributed by atoms with van der Waals surface area (Å²) in [4.78, 5) is 24.3. The molecule has 1 aliphatic rings. The Hall–Kier alpha value is -3.05. The number of para-hydroxylation sites is 1. The molecule has 2 aromatic heterocycles. The largest absolute Gasteiger partial charge is 0.356 e. The lowest BCUT2D eigenvalue weighted by molar-refractivity contribution is 0.0692. The molecule has 144 valence electrons. The molecule has 1 unspecified atom stereocenters. The van der Waals surface area contributed by atoms with Crippen molar-refractivity contribution in [2.45, 2.75) is 17.4 Å². The Morgan fingerprint density at radius 2 is 1.83 bits per heavy atom. The molecule has 5 heteroatoms. The van der Waals surface area contributed by atoms with E-state index in [4.69, 9.17) is 0 Å².